The summed E-state index contributed by atoms with van der Waals surface area (Å²) >= 11 is 0. The maximum atomic E-state index is 14.1. The van der Waals surface area contributed by atoms with Crippen LogP contribution in [0.1, 0.15) is 34.6 Å². The second-order valence-electron chi connectivity index (χ2n) is 10.1. The summed E-state index contributed by atoms with van der Waals surface area (Å²) in [6, 6.07) is 38.2. The van der Waals surface area contributed by atoms with Gasteiger partial charge in [-0.15, -0.1) is 0 Å². The molecule has 1 saturated carbocycles. The van der Waals surface area contributed by atoms with Gasteiger partial charge in [-0.2, -0.15) is 0 Å². The van der Waals surface area contributed by atoms with Crippen LogP contribution in [-0.4, -0.2) is 22.5 Å². The summed E-state index contributed by atoms with van der Waals surface area (Å²) in [5.74, 6) is -1.27. The Labute approximate surface area is 222 Å². The van der Waals surface area contributed by atoms with E-state index in [1.807, 2.05) is 97.1 Å². The van der Waals surface area contributed by atoms with E-state index < -0.39 is 23.1 Å². The highest BCUT2D eigenvalue weighted by molar-refractivity contribution is 6.02. The smallest absolute Gasteiger partial charge is 0.335 e. The number of hydrogen-bond donors (Lipinski definition) is 1. The Balaban J connectivity index is 1.65. The van der Waals surface area contributed by atoms with Gasteiger partial charge in [0, 0.05) is 36.3 Å². The zero-order chi connectivity index (χ0) is 26.2. The highest BCUT2D eigenvalue weighted by Crippen LogP contribution is 2.58. The van der Waals surface area contributed by atoms with Crippen LogP contribution in [0, 0.1) is 0 Å². The number of carbonyl (C=O) groups excluding carboxylic acids is 2. The average Bonchev–Trinajstić information content (AvgIpc) is 3.24. The van der Waals surface area contributed by atoms with E-state index in [1.54, 1.807) is 24.3 Å². The number of ether oxygens (including phenoxy) is 1. The number of hydrogen-bond acceptors (Lipinski definition) is 4. The van der Waals surface area contributed by atoms with Crippen molar-refractivity contribution in [2.45, 2.75) is 36.4 Å². The topological polar surface area (TPSA) is 63.6 Å². The van der Waals surface area contributed by atoms with Gasteiger partial charge in [0.1, 0.15) is 5.60 Å². The Bertz CT molecular complexity index is 1500. The molecule has 0 aromatic heterocycles. The highest BCUT2D eigenvalue weighted by Gasteiger charge is 2.65. The maximum absolute atomic E-state index is 14.1. The molecule has 6 rings (SSSR count). The summed E-state index contributed by atoms with van der Waals surface area (Å²) in [7, 11) is 0. The molecule has 4 aromatic rings. The summed E-state index contributed by atoms with van der Waals surface area (Å²) < 4.78 is 6.45. The summed E-state index contributed by atoms with van der Waals surface area (Å²) in [6.45, 7) is 0. The fourth-order valence-corrected chi connectivity index (χ4v) is 6.21. The first-order valence-electron chi connectivity index (χ1n) is 12.9. The molecular formula is C34H28O4. The van der Waals surface area contributed by atoms with E-state index in [9.17, 15) is 14.7 Å². The fraction of sp³-hybridized carbons (Fsp3) is 0.176. The highest BCUT2D eigenvalue weighted by atomic mass is 16.6. The molecule has 1 fully saturated rings. The Hall–Kier alpha value is -4.28. The molecule has 2 aliphatic rings. The van der Waals surface area contributed by atoms with E-state index in [4.69, 9.17) is 4.74 Å². The lowest BCUT2D eigenvalue weighted by Gasteiger charge is -2.48. The minimum atomic E-state index is -1.99. The predicted molar refractivity (Wildman–Crippen MR) is 145 cm³/mol. The third-order valence-electron chi connectivity index (χ3n) is 7.89. The van der Waals surface area contributed by atoms with Crippen molar-refractivity contribution >= 4 is 11.8 Å². The molecule has 0 bridgehead atoms. The molecule has 1 aliphatic heterocycles. The maximum Gasteiger partial charge on any atom is 0.335 e. The largest absolute Gasteiger partial charge is 0.450 e. The molecular weight excluding hydrogens is 472 g/mol. The lowest BCUT2D eigenvalue weighted by molar-refractivity contribution is -0.159. The molecule has 1 N–H and O–H groups in total. The van der Waals surface area contributed by atoms with Crippen molar-refractivity contribution in [3.05, 3.63) is 155 Å². The molecule has 188 valence electrons. The molecule has 0 spiro atoms. The first kappa shape index (κ1) is 24.1. The molecule has 1 aliphatic carbocycles. The van der Waals surface area contributed by atoms with E-state index in [0.717, 1.165) is 16.7 Å². The standard InChI is InChI=1S/C34H28O4/c35-30-22-29(26-17-9-3-10-18-26)33(23-25-15-7-2-8-16-25)31(34(30,37)27-19-11-4-12-20-27)28(32(36)38-33)21-24-13-5-1-6-14-24/h1-20,29,37H,21-23H2/t29-,33-,34+/m1/s1. The van der Waals surface area contributed by atoms with Crippen LogP contribution in [0.25, 0.3) is 0 Å². The van der Waals surface area contributed by atoms with E-state index >= 15 is 0 Å². The Morgan fingerprint density at radius 1 is 0.711 bits per heavy atom. The minimum absolute atomic E-state index is 0.0393. The second kappa shape index (κ2) is 9.55. The minimum Gasteiger partial charge on any atom is -0.450 e. The summed E-state index contributed by atoms with van der Waals surface area (Å²) in [5, 5.41) is 12.5. The monoisotopic (exact) mass is 500 g/mol. The lowest BCUT2D eigenvalue weighted by atomic mass is 9.58. The second-order valence-corrected chi connectivity index (χ2v) is 10.1. The molecule has 0 radical (unpaired) electrons. The van der Waals surface area contributed by atoms with Gasteiger partial charge in [-0.25, -0.2) is 4.79 Å². The number of ketones is 1. The van der Waals surface area contributed by atoms with E-state index in [2.05, 4.69) is 0 Å². The summed E-state index contributed by atoms with van der Waals surface area (Å²) in [6.07, 6.45) is 0.641. The third kappa shape index (κ3) is 3.89. The van der Waals surface area contributed by atoms with Crippen LogP contribution in [0.15, 0.2) is 132 Å². The SMILES string of the molecule is O=C1O[C@@]2(Cc3ccccc3)C(=C1Cc1ccccc1)[C@](O)(c1ccccc1)C(=O)C[C@@H]2c1ccccc1. The van der Waals surface area contributed by atoms with Crippen molar-refractivity contribution in [2.24, 2.45) is 0 Å². The number of esters is 1. The van der Waals surface area contributed by atoms with Crippen molar-refractivity contribution in [1.29, 1.82) is 0 Å². The average molecular weight is 501 g/mol. The van der Waals surface area contributed by atoms with Crippen LogP contribution < -0.4 is 0 Å². The van der Waals surface area contributed by atoms with E-state index in [-0.39, 0.29) is 18.6 Å². The fourth-order valence-electron chi connectivity index (χ4n) is 6.21. The zero-order valence-corrected chi connectivity index (χ0v) is 20.9. The van der Waals surface area contributed by atoms with Gasteiger partial charge in [0.05, 0.1) is 0 Å². The van der Waals surface area contributed by atoms with E-state index in [0.29, 0.717) is 23.1 Å². The Morgan fingerprint density at radius 3 is 1.84 bits per heavy atom. The van der Waals surface area contributed by atoms with Gasteiger partial charge in [0.2, 0.25) is 0 Å². The molecule has 0 amide bonds. The Morgan fingerprint density at radius 2 is 1.24 bits per heavy atom. The van der Waals surface area contributed by atoms with Crippen molar-refractivity contribution in [1.82, 2.24) is 0 Å². The molecule has 0 saturated heterocycles. The summed E-state index contributed by atoms with van der Waals surface area (Å²) in [5.41, 5.74) is 0.731. The van der Waals surface area contributed by atoms with Gasteiger partial charge < -0.3 is 9.84 Å². The van der Waals surface area contributed by atoms with Crippen molar-refractivity contribution < 1.29 is 19.4 Å². The van der Waals surface area contributed by atoms with Gasteiger partial charge in [-0.1, -0.05) is 121 Å². The quantitative estimate of drug-likeness (QED) is 0.345. The lowest BCUT2D eigenvalue weighted by Crippen LogP contribution is -2.57. The van der Waals surface area contributed by atoms with Crippen molar-refractivity contribution in [3.8, 4) is 0 Å². The molecule has 0 unspecified atom stereocenters. The zero-order valence-electron chi connectivity index (χ0n) is 20.9. The number of Topliss-reactive ketones (excluding diaryl/α,β-unsaturated/α-hetero) is 1. The molecule has 3 atom stereocenters. The van der Waals surface area contributed by atoms with Gasteiger partial charge in [0.15, 0.2) is 11.4 Å². The van der Waals surface area contributed by atoms with Gasteiger partial charge in [0.25, 0.3) is 0 Å². The number of aliphatic hydroxyl groups is 1. The first-order chi connectivity index (χ1) is 18.5. The summed E-state index contributed by atoms with van der Waals surface area (Å²) in [4.78, 5) is 27.9. The van der Waals surface area contributed by atoms with Crippen molar-refractivity contribution in [3.63, 3.8) is 0 Å². The number of benzene rings is 4. The normalized spacial score (nSPS) is 24.7. The number of carbonyl (C=O) groups is 2. The molecule has 1 heterocycles. The van der Waals surface area contributed by atoms with Gasteiger partial charge in [-0.05, 0) is 22.3 Å². The molecule has 38 heavy (non-hydrogen) atoms. The van der Waals surface area contributed by atoms with Crippen LogP contribution in [0.5, 0.6) is 0 Å². The molecule has 4 heteroatoms. The molecule has 4 nitrogen and oxygen atoms in total. The third-order valence-corrected chi connectivity index (χ3v) is 7.89. The van der Waals surface area contributed by atoms with Crippen LogP contribution >= 0.6 is 0 Å². The molecule has 4 aromatic carbocycles. The van der Waals surface area contributed by atoms with Crippen LogP contribution in [-0.2, 0) is 32.8 Å². The van der Waals surface area contributed by atoms with Crippen LogP contribution in [0.2, 0.25) is 0 Å². The first-order valence-corrected chi connectivity index (χ1v) is 12.9. The number of rotatable bonds is 6. The Kier molecular flexibility index (Phi) is 6.05. The number of fused-ring (bicyclic) bond motifs is 1. The van der Waals surface area contributed by atoms with Crippen LogP contribution in [0.4, 0.5) is 0 Å². The van der Waals surface area contributed by atoms with E-state index in [1.165, 1.54) is 0 Å². The van der Waals surface area contributed by atoms with Crippen LogP contribution in [0.3, 0.4) is 0 Å². The predicted octanol–water partition coefficient (Wildman–Crippen LogP) is 5.71. The van der Waals surface area contributed by atoms with Gasteiger partial charge >= 0.3 is 5.97 Å². The van der Waals surface area contributed by atoms with Gasteiger partial charge in [-0.3, -0.25) is 4.79 Å². The van der Waals surface area contributed by atoms with Crippen molar-refractivity contribution in [2.75, 3.05) is 0 Å².